The SMILES string of the molecule is COc1cc(C)nc(COc2ccc(Br)cc2CO)c1. The van der Waals surface area contributed by atoms with Crippen molar-refractivity contribution in [3.8, 4) is 11.5 Å². The van der Waals surface area contributed by atoms with E-state index in [2.05, 4.69) is 20.9 Å². The molecule has 0 bridgehead atoms. The van der Waals surface area contributed by atoms with E-state index in [0.717, 1.165) is 27.2 Å². The van der Waals surface area contributed by atoms with Gasteiger partial charge in [0.1, 0.15) is 18.1 Å². The summed E-state index contributed by atoms with van der Waals surface area (Å²) >= 11 is 3.37. The van der Waals surface area contributed by atoms with Gasteiger partial charge in [-0.2, -0.15) is 0 Å². The van der Waals surface area contributed by atoms with Crippen LogP contribution >= 0.6 is 15.9 Å². The Labute approximate surface area is 126 Å². The van der Waals surface area contributed by atoms with Crippen molar-refractivity contribution in [3.63, 3.8) is 0 Å². The topological polar surface area (TPSA) is 51.6 Å². The monoisotopic (exact) mass is 337 g/mol. The van der Waals surface area contributed by atoms with Crippen molar-refractivity contribution >= 4 is 15.9 Å². The number of nitrogens with zero attached hydrogens (tertiary/aromatic N) is 1. The first kappa shape index (κ1) is 14.8. The van der Waals surface area contributed by atoms with E-state index in [4.69, 9.17) is 9.47 Å². The summed E-state index contributed by atoms with van der Waals surface area (Å²) in [6.07, 6.45) is 0. The van der Waals surface area contributed by atoms with Crippen molar-refractivity contribution in [1.82, 2.24) is 4.98 Å². The van der Waals surface area contributed by atoms with Crippen molar-refractivity contribution in [3.05, 3.63) is 51.8 Å². The number of hydrogen-bond donors (Lipinski definition) is 1. The van der Waals surface area contributed by atoms with Crippen LogP contribution in [0.3, 0.4) is 0 Å². The van der Waals surface area contributed by atoms with E-state index >= 15 is 0 Å². The molecule has 0 unspecified atom stereocenters. The number of rotatable bonds is 5. The summed E-state index contributed by atoms with van der Waals surface area (Å²) in [6, 6.07) is 9.23. The van der Waals surface area contributed by atoms with Gasteiger partial charge in [-0.25, -0.2) is 0 Å². The molecule has 0 amide bonds. The minimum Gasteiger partial charge on any atom is -0.497 e. The average molecular weight is 338 g/mol. The molecule has 2 aromatic rings. The van der Waals surface area contributed by atoms with E-state index < -0.39 is 0 Å². The fourth-order valence-corrected chi connectivity index (χ4v) is 2.27. The van der Waals surface area contributed by atoms with Crippen molar-refractivity contribution in [1.29, 1.82) is 0 Å². The highest BCUT2D eigenvalue weighted by Gasteiger charge is 2.06. The van der Waals surface area contributed by atoms with Gasteiger partial charge in [0.05, 0.1) is 19.4 Å². The summed E-state index contributed by atoms with van der Waals surface area (Å²) in [6.45, 7) is 2.16. The maximum atomic E-state index is 9.33. The predicted octanol–water partition coefficient (Wildman–Crippen LogP) is 3.23. The van der Waals surface area contributed by atoms with E-state index in [0.29, 0.717) is 12.4 Å². The second-order valence-corrected chi connectivity index (χ2v) is 5.25. The minimum atomic E-state index is -0.0701. The van der Waals surface area contributed by atoms with Gasteiger partial charge in [0, 0.05) is 27.9 Å². The zero-order valence-electron chi connectivity index (χ0n) is 11.4. The van der Waals surface area contributed by atoms with Gasteiger partial charge in [0.15, 0.2) is 0 Å². The van der Waals surface area contributed by atoms with Crippen LogP contribution in [-0.2, 0) is 13.2 Å². The normalized spacial score (nSPS) is 10.4. The van der Waals surface area contributed by atoms with E-state index in [-0.39, 0.29) is 6.61 Å². The molecule has 0 atom stereocenters. The molecule has 20 heavy (non-hydrogen) atoms. The summed E-state index contributed by atoms with van der Waals surface area (Å²) in [5.41, 5.74) is 2.40. The zero-order valence-corrected chi connectivity index (χ0v) is 13.0. The molecule has 1 aromatic carbocycles. The highest BCUT2D eigenvalue weighted by Crippen LogP contribution is 2.24. The average Bonchev–Trinajstić information content (AvgIpc) is 2.45. The van der Waals surface area contributed by atoms with Crippen LogP contribution in [0, 0.1) is 6.92 Å². The molecule has 0 saturated carbocycles. The van der Waals surface area contributed by atoms with Gasteiger partial charge in [-0.3, -0.25) is 4.98 Å². The third-order valence-electron chi connectivity index (χ3n) is 2.78. The second-order valence-electron chi connectivity index (χ2n) is 4.34. The number of methoxy groups -OCH3 is 1. The summed E-state index contributed by atoms with van der Waals surface area (Å²) in [4.78, 5) is 4.39. The lowest BCUT2D eigenvalue weighted by molar-refractivity contribution is 0.257. The Hall–Kier alpha value is -1.59. The molecule has 0 aliphatic carbocycles. The van der Waals surface area contributed by atoms with Crippen molar-refractivity contribution < 1.29 is 14.6 Å². The molecule has 0 spiro atoms. The molecule has 106 valence electrons. The standard InChI is InChI=1S/C15H16BrNO3/c1-10-5-14(19-2)7-13(17-10)9-20-15-4-3-12(16)6-11(15)8-18/h3-7,18H,8-9H2,1-2H3. The smallest absolute Gasteiger partial charge is 0.130 e. The Morgan fingerprint density at radius 3 is 2.75 bits per heavy atom. The van der Waals surface area contributed by atoms with Gasteiger partial charge >= 0.3 is 0 Å². The Morgan fingerprint density at radius 2 is 2.05 bits per heavy atom. The van der Waals surface area contributed by atoms with Crippen molar-refractivity contribution in [2.75, 3.05) is 7.11 Å². The number of aromatic nitrogens is 1. The lowest BCUT2D eigenvalue weighted by Crippen LogP contribution is -2.02. The van der Waals surface area contributed by atoms with Crippen molar-refractivity contribution in [2.24, 2.45) is 0 Å². The first-order valence-corrected chi connectivity index (χ1v) is 6.95. The second kappa shape index (κ2) is 6.72. The van der Waals surface area contributed by atoms with Crippen LogP contribution in [0.25, 0.3) is 0 Å². The van der Waals surface area contributed by atoms with E-state index in [1.807, 2.05) is 37.3 Å². The quantitative estimate of drug-likeness (QED) is 0.909. The third-order valence-corrected chi connectivity index (χ3v) is 3.28. The Balaban J connectivity index is 2.14. The highest BCUT2D eigenvalue weighted by molar-refractivity contribution is 9.10. The molecule has 1 N–H and O–H groups in total. The summed E-state index contributed by atoms with van der Waals surface area (Å²) in [7, 11) is 1.62. The van der Waals surface area contributed by atoms with Crippen LogP contribution < -0.4 is 9.47 Å². The zero-order chi connectivity index (χ0) is 14.5. The molecule has 1 aromatic heterocycles. The molecule has 2 rings (SSSR count). The van der Waals surface area contributed by atoms with Gasteiger partial charge in [0.25, 0.3) is 0 Å². The third kappa shape index (κ3) is 3.71. The van der Waals surface area contributed by atoms with Crippen LogP contribution in [0.4, 0.5) is 0 Å². The number of hydrogen-bond acceptors (Lipinski definition) is 4. The number of aliphatic hydroxyl groups excluding tert-OH is 1. The van der Waals surface area contributed by atoms with Crippen LogP contribution in [0.15, 0.2) is 34.8 Å². The number of aliphatic hydroxyl groups is 1. The predicted molar refractivity (Wildman–Crippen MR) is 79.9 cm³/mol. The van der Waals surface area contributed by atoms with Gasteiger partial charge in [-0.1, -0.05) is 15.9 Å². The van der Waals surface area contributed by atoms with E-state index in [9.17, 15) is 5.11 Å². The van der Waals surface area contributed by atoms with E-state index in [1.165, 1.54) is 0 Å². The summed E-state index contributed by atoms with van der Waals surface area (Å²) in [5, 5.41) is 9.33. The van der Waals surface area contributed by atoms with Gasteiger partial charge < -0.3 is 14.6 Å². The molecular weight excluding hydrogens is 322 g/mol. The number of ether oxygens (including phenoxy) is 2. The van der Waals surface area contributed by atoms with Gasteiger partial charge in [0.2, 0.25) is 0 Å². The first-order valence-electron chi connectivity index (χ1n) is 6.16. The summed E-state index contributed by atoms with van der Waals surface area (Å²) < 4.78 is 11.8. The highest BCUT2D eigenvalue weighted by atomic mass is 79.9. The maximum absolute atomic E-state index is 9.33. The number of aryl methyl sites for hydroxylation is 1. The Bertz CT molecular complexity index is 602. The molecule has 0 fully saturated rings. The molecule has 5 heteroatoms. The van der Waals surface area contributed by atoms with Crippen LogP contribution in [0.2, 0.25) is 0 Å². The number of benzene rings is 1. The fourth-order valence-electron chi connectivity index (χ4n) is 1.86. The molecule has 0 radical (unpaired) electrons. The molecule has 0 saturated heterocycles. The number of halogens is 1. The Morgan fingerprint density at radius 1 is 1.25 bits per heavy atom. The largest absolute Gasteiger partial charge is 0.497 e. The fraction of sp³-hybridized carbons (Fsp3) is 0.267. The molecule has 1 heterocycles. The summed E-state index contributed by atoms with van der Waals surface area (Å²) in [5.74, 6) is 1.41. The van der Waals surface area contributed by atoms with Crippen LogP contribution in [0.1, 0.15) is 17.0 Å². The molecule has 0 aliphatic heterocycles. The molecule has 0 aliphatic rings. The molecule has 4 nitrogen and oxygen atoms in total. The minimum absolute atomic E-state index is 0.0701. The lowest BCUT2D eigenvalue weighted by Gasteiger charge is -2.11. The van der Waals surface area contributed by atoms with Gasteiger partial charge in [-0.15, -0.1) is 0 Å². The molecular formula is C15H16BrNO3. The van der Waals surface area contributed by atoms with E-state index in [1.54, 1.807) is 7.11 Å². The lowest BCUT2D eigenvalue weighted by atomic mass is 10.2. The van der Waals surface area contributed by atoms with Crippen LogP contribution in [0.5, 0.6) is 11.5 Å². The number of pyridine rings is 1. The van der Waals surface area contributed by atoms with Crippen molar-refractivity contribution in [2.45, 2.75) is 20.1 Å². The van der Waals surface area contributed by atoms with Crippen LogP contribution in [-0.4, -0.2) is 17.2 Å². The maximum Gasteiger partial charge on any atom is 0.130 e. The Kier molecular flexibility index (Phi) is 4.98. The van der Waals surface area contributed by atoms with Gasteiger partial charge in [-0.05, 0) is 25.1 Å². The first-order chi connectivity index (χ1) is 9.62.